The highest BCUT2D eigenvalue weighted by Gasteiger charge is 2.26. The van der Waals surface area contributed by atoms with Gasteiger partial charge in [0.15, 0.2) is 0 Å². The van der Waals surface area contributed by atoms with Crippen LogP contribution in [0.2, 0.25) is 0 Å². The van der Waals surface area contributed by atoms with E-state index in [0.717, 1.165) is 37.2 Å². The Kier molecular flexibility index (Phi) is 5.01. The van der Waals surface area contributed by atoms with Gasteiger partial charge in [-0.15, -0.1) is 0 Å². The maximum absolute atomic E-state index is 12.6. The van der Waals surface area contributed by atoms with E-state index in [4.69, 9.17) is 4.98 Å². The topological polar surface area (TPSA) is 61.9 Å². The van der Waals surface area contributed by atoms with Gasteiger partial charge in [0, 0.05) is 43.0 Å². The Labute approximate surface area is 159 Å². The highest BCUT2D eigenvalue weighted by molar-refractivity contribution is 5.92. The van der Waals surface area contributed by atoms with E-state index < -0.39 is 0 Å². The smallest absolute Gasteiger partial charge is 0.271 e. The molecular formula is C22H24N4O. The Bertz CT molecular complexity index is 920. The Morgan fingerprint density at radius 3 is 2.93 bits per heavy atom. The molecule has 1 atom stereocenters. The molecule has 3 heterocycles. The van der Waals surface area contributed by atoms with Gasteiger partial charge in [-0.25, -0.2) is 0 Å². The van der Waals surface area contributed by atoms with Crippen molar-refractivity contribution in [2.45, 2.75) is 32.1 Å². The number of benzene rings is 1. The third-order valence-electron chi connectivity index (χ3n) is 5.15. The average Bonchev–Trinajstić information content (AvgIpc) is 3.23. The molecule has 3 aromatic rings. The van der Waals surface area contributed by atoms with Crippen molar-refractivity contribution < 1.29 is 4.79 Å². The van der Waals surface area contributed by atoms with Crippen molar-refractivity contribution in [3.8, 4) is 0 Å². The van der Waals surface area contributed by atoms with E-state index in [1.165, 1.54) is 11.1 Å². The fraction of sp³-hybridized carbons (Fsp3) is 0.318. The summed E-state index contributed by atoms with van der Waals surface area (Å²) in [5.74, 6) is 0.302. The van der Waals surface area contributed by atoms with Gasteiger partial charge in [-0.2, -0.15) is 5.10 Å². The molecule has 1 unspecified atom stereocenters. The van der Waals surface area contributed by atoms with Gasteiger partial charge in [0.05, 0.1) is 0 Å². The van der Waals surface area contributed by atoms with E-state index in [1.54, 1.807) is 12.3 Å². The van der Waals surface area contributed by atoms with Crippen molar-refractivity contribution in [2.24, 2.45) is 0 Å². The number of aromatic amines is 1. The molecule has 1 amide bonds. The monoisotopic (exact) mass is 360 g/mol. The summed E-state index contributed by atoms with van der Waals surface area (Å²) in [6, 6.07) is 16.5. The maximum Gasteiger partial charge on any atom is 0.271 e. The molecule has 1 aromatic carbocycles. The molecule has 5 nitrogen and oxygen atoms in total. The molecule has 1 N–H and O–H groups in total. The number of aromatic nitrogens is 3. The first-order valence-electron chi connectivity index (χ1n) is 9.49. The van der Waals surface area contributed by atoms with Crippen LogP contribution in [0.3, 0.4) is 0 Å². The highest BCUT2D eigenvalue weighted by atomic mass is 16.2. The van der Waals surface area contributed by atoms with E-state index >= 15 is 0 Å². The van der Waals surface area contributed by atoms with Crippen molar-refractivity contribution in [3.05, 3.63) is 82.9 Å². The first-order chi connectivity index (χ1) is 13.2. The first-order valence-corrected chi connectivity index (χ1v) is 9.49. The lowest BCUT2D eigenvalue weighted by Gasteiger charge is -2.32. The van der Waals surface area contributed by atoms with E-state index in [0.29, 0.717) is 12.2 Å². The van der Waals surface area contributed by atoms with Gasteiger partial charge in [0.25, 0.3) is 5.91 Å². The van der Waals surface area contributed by atoms with Crippen molar-refractivity contribution in [1.82, 2.24) is 20.1 Å². The normalized spacial score (nSPS) is 17.1. The number of rotatable bonds is 4. The lowest BCUT2D eigenvalue weighted by atomic mass is 9.93. The number of hydrogen-bond donors (Lipinski definition) is 1. The predicted octanol–water partition coefficient (Wildman–Crippen LogP) is 3.72. The number of pyridine rings is 1. The van der Waals surface area contributed by atoms with E-state index in [1.807, 2.05) is 4.90 Å². The molecule has 1 aliphatic rings. The average molecular weight is 360 g/mol. The molecule has 138 valence electrons. The van der Waals surface area contributed by atoms with Crippen molar-refractivity contribution in [3.63, 3.8) is 0 Å². The number of piperidine rings is 1. The van der Waals surface area contributed by atoms with Crippen LogP contribution in [0.15, 0.2) is 54.7 Å². The van der Waals surface area contributed by atoms with E-state index in [9.17, 15) is 4.79 Å². The number of nitrogens with zero attached hydrogens (tertiary/aromatic N) is 3. The van der Waals surface area contributed by atoms with Crippen LogP contribution in [0, 0.1) is 6.92 Å². The minimum Gasteiger partial charge on any atom is -0.337 e. The molecule has 1 saturated heterocycles. The molecule has 0 saturated carbocycles. The summed E-state index contributed by atoms with van der Waals surface area (Å²) in [6.45, 7) is 3.61. The van der Waals surface area contributed by atoms with Crippen LogP contribution in [0.25, 0.3) is 0 Å². The lowest BCUT2D eigenvalue weighted by molar-refractivity contribution is 0.0700. The summed E-state index contributed by atoms with van der Waals surface area (Å²) < 4.78 is 0. The molecule has 0 aliphatic carbocycles. The second-order valence-electron chi connectivity index (χ2n) is 7.28. The number of carbonyl (C=O) groups excluding carboxylic acids is 1. The fourth-order valence-electron chi connectivity index (χ4n) is 3.80. The second-order valence-corrected chi connectivity index (χ2v) is 7.28. The fourth-order valence-corrected chi connectivity index (χ4v) is 3.80. The molecule has 1 aliphatic heterocycles. The molecular weight excluding hydrogens is 336 g/mol. The minimum absolute atomic E-state index is 0.0214. The van der Waals surface area contributed by atoms with Gasteiger partial charge in [-0.3, -0.25) is 14.9 Å². The largest absolute Gasteiger partial charge is 0.337 e. The number of carbonyl (C=O) groups is 1. The lowest BCUT2D eigenvalue weighted by Crippen LogP contribution is -2.39. The summed E-state index contributed by atoms with van der Waals surface area (Å²) in [6.07, 6.45) is 4.51. The summed E-state index contributed by atoms with van der Waals surface area (Å²) >= 11 is 0. The third kappa shape index (κ3) is 4.08. The van der Waals surface area contributed by atoms with Crippen LogP contribution in [-0.4, -0.2) is 39.1 Å². The molecule has 5 heteroatoms. The quantitative estimate of drug-likeness (QED) is 0.771. The summed E-state index contributed by atoms with van der Waals surface area (Å²) in [5.41, 5.74) is 5.26. The Hall–Kier alpha value is -2.95. The molecule has 0 bridgehead atoms. The van der Waals surface area contributed by atoms with E-state index in [-0.39, 0.29) is 11.8 Å². The van der Waals surface area contributed by atoms with Crippen molar-refractivity contribution >= 4 is 5.91 Å². The first kappa shape index (κ1) is 17.5. The zero-order valence-corrected chi connectivity index (χ0v) is 15.6. The van der Waals surface area contributed by atoms with Crippen LogP contribution < -0.4 is 0 Å². The summed E-state index contributed by atoms with van der Waals surface area (Å²) in [4.78, 5) is 19.4. The summed E-state index contributed by atoms with van der Waals surface area (Å²) in [7, 11) is 0. The Morgan fingerprint density at radius 2 is 2.11 bits per heavy atom. The maximum atomic E-state index is 12.6. The van der Waals surface area contributed by atoms with Crippen LogP contribution in [0.4, 0.5) is 0 Å². The van der Waals surface area contributed by atoms with Crippen LogP contribution in [0.5, 0.6) is 0 Å². The number of amides is 1. The standard InChI is InChI=1S/C22H24N4O/c1-16-5-2-6-17(13-16)14-19-8-3-9-20(24-19)18-7-4-12-26(15-18)22(27)21-10-11-23-25-21/h2-3,5-6,8-11,13,18H,4,7,12,14-15H2,1H3,(H,23,25). The van der Waals surface area contributed by atoms with Gasteiger partial charge >= 0.3 is 0 Å². The predicted molar refractivity (Wildman–Crippen MR) is 105 cm³/mol. The number of aryl methyl sites for hydroxylation is 1. The third-order valence-corrected chi connectivity index (χ3v) is 5.15. The van der Waals surface area contributed by atoms with Gasteiger partial charge in [0.1, 0.15) is 5.69 Å². The Morgan fingerprint density at radius 1 is 1.22 bits per heavy atom. The molecule has 4 rings (SSSR count). The van der Waals surface area contributed by atoms with Crippen LogP contribution in [0.1, 0.15) is 51.8 Å². The van der Waals surface area contributed by atoms with Gasteiger partial charge in [-0.1, -0.05) is 35.9 Å². The number of likely N-dealkylation sites (tertiary alicyclic amines) is 1. The molecule has 1 fully saturated rings. The second kappa shape index (κ2) is 7.74. The number of H-pyrrole nitrogens is 1. The van der Waals surface area contributed by atoms with E-state index in [2.05, 4.69) is 59.6 Å². The van der Waals surface area contributed by atoms with Gasteiger partial charge < -0.3 is 4.90 Å². The zero-order valence-electron chi connectivity index (χ0n) is 15.6. The van der Waals surface area contributed by atoms with Crippen LogP contribution in [-0.2, 0) is 6.42 Å². The van der Waals surface area contributed by atoms with Gasteiger partial charge in [-0.05, 0) is 43.5 Å². The minimum atomic E-state index is 0.0214. The molecule has 2 aromatic heterocycles. The van der Waals surface area contributed by atoms with Gasteiger partial charge in [0.2, 0.25) is 0 Å². The van der Waals surface area contributed by atoms with Crippen LogP contribution >= 0.6 is 0 Å². The number of nitrogens with one attached hydrogen (secondary N) is 1. The van der Waals surface area contributed by atoms with Crippen molar-refractivity contribution in [2.75, 3.05) is 13.1 Å². The Balaban J connectivity index is 1.48. The summed E-state index contributed by atoms with van der Waals surface area (Å²) in [5, 5.41) is 6.66. The SMILES string of the molecule is Cc1cccc(Cc2cccc(C3CCCN(C(=O)c4ccn[nH]4)C3)n2)c1. The molecule has 0 spiro atoms. The zero-order chi connectivity index (χ0) is 18.6. The highest BCUT2D eigenvalue weighted by Crippen LogP contribution is 2.27. The number of hydrogen-bond acceptors (Lipinski definition) is 3. The van der Waals surface area contributed by atoms with Crippen molar-refractivity contribution in [1.29, 1.82) is 0 Å². The molecule has 27 heavy (non-hydrogen) atoms. The molecule has 0 radical (unpaired) electrons.